The van der Waals surface area contributed by atoms with Gasteiger partial charge in [0.25, 0.3) is 5.91 Å². The minimum Gasteiger partial charge on any atom is -0.370 e. The number of nitrogens with one attached hydrogen (secondary N) is 1. The van der Waals surface area contributed by atoms with Crippen LogP contribution in [0.1, 0.15) is 29.8 Å². The van der Waals surface area contributed by atoms with Gasteiger partial charge in [0.1, 0.15) is 0 Å². The van der Waals surface area contributed by atoms with Crippen LogP contribution in [0, 0.1) is 6.92 Å². The number of hydrogen-bond donors (Lipinski definition) is 4. The van der Waals surface area contributed by atoms with Crippen molar-refractivity contribution in [3.05, 3.63) is 29.3 Å². The first-order valence-electron chi connectivity index (χ1n) is 6.15. The number of nitrogens with zero attached hydrogens (tertiary/aromatic N) is 2. The second-order valence-corrected chi connectivity index (χ2v) is 4.64. The molecule has 0 fully saturated rings. The van der Waals surface area contributed by atoms with Crippen LogP contribution in [0.15, 0.2) is 28.2 Å². The van der Waals surface area contributed by atoms with Gasteiger partial charge in [0.15, 0.2) is 5.96 Å². The lowest BCUT2D eigenvalue weighted by Gasteiger charge is -2.09. The van der Waals surface area contributed by atoms with Crippen molar-refractivity contribution in [1.82, 2.24) is 5.32 Å². The number of aryl methyl sites for hydroxylation is 1. The van der Waals surface area contributed by atoms with Crippen molar-refractivity contribution in [2.75, 3.05) is 0 Å². The van der Waals surface area contributed by atoms with Crippen LogP contribution in [0.3, 0.4) is 0 Å². The summed E-state index contributed by atoms with van der Waals surface area (Å²) >= 11 is 0. The van der Waals surface area contributed by atoms with Gasteiger partial charge >= 0.3 is 0 Å². The molecule has 0 unspecified atom stereocenters. The van der Waals surface area contributed by atoms with Crippen LogP contribution in [-0.2, 0) is 0 Å². The molecule has 7 nitrogen and oxygen atoms in total. The fraction of sp³-hybridized carbons (Fsp3) is 0.308. The molecule has 0 aromatic heterocycles. The highest BCUT2D eigenvalue weighted by Crippen LogP contribution is 2.20. The summed E-state index contributed by atoms with van der Waals surface area (Å²) in [6.07, 6.45) is 0. The molecule has 0 spiro atoms. The molecule has 108 valence electrons. The Bertz CT molecular complexity index is 558. The third kappa shape index (κ3) is 4.60. The van der Waals surface area contributed by atoms with Gasteiger partial charge in [-0.05, 0) is 38.5 Å². The Morgan fingerprint density at radius 1 is 1.25 bits per heavy atom. The smallest absolute Gasteiger partial charge is 0.251 e. The summed E-state index contributed by atoms with van der Waals surface area (Å²) in [4.78, 5) is 19.6. The Balaban J connectivity index is 3.09. The van der Waals surface area contributed by atoms with Crippen LogP contribution in [0.2, 0.25) is 0 Å². The number of amides is 1. The highest BCUT2D eigenvalue weighted by Gasteiger charge is 2.09. The monoisotopic (exact) mass is 276 g/mol. The van der Waals surface area contributed by atoms with Gasteiger partial charge < -0.3 is 22.5 Å². The van der Waals surface area contributed by atoms with Crippen LogP contribution in [0.5, 0.6) is 0 Å². The van der Waals surface area contributed by atoms with E-state index in [4.69, 9.17) is 17.2 Å². The van der Waals surface area contributed by atoms with Gasteiger partial charge in [-0.15, -0.1) is 0 Å². The molecule has 0 aliphatic carbocycles. The number of rotatable bonds is 3. The predicted octanol–water partition coefficient (Wildman–Crippen LogP) is 0.353. The fourth-order valence-corrected chi connectivity index (χ4v) is 1.50. The van der Waals surface area contributed by atoms with E-state index in [2.05, 4.69) is 15.3 Å². The summed E-state index contributed by atoms with van der Waals surface area (Å²) in [7, 11) is 0. The van der Waals surface area contributed by atoms with Crippen molar-refractivity contribution < 1.29 is 4.79 Å². The number of guanidine groups is 2. The van der Waals surface area contributed by atoms with Crippen LogP contribution in [-0.4, -0.2) is 23.9 Å². The normalized spacial score (nSPS) is 11.3. The zero-order valence-corrected chi connectivity index (χ0v) is 11.8. The number of nitrogens with two attached hydrogens (primary N) is 3. The van der Waals surface area contributed by atoms with E-state index in [0.717, 1.165) is 5.56 Å². The molecule has 0 bridgehead atoms. The molecule has 1 aromatic carbocycles. The number of hydrogen-bond acceptors (Lipinski definition) is 2. The molecular weight excluding hydrogens is 256 g/mol. The van der Waals surface area contributed by atoms with Gasteiger partial charge in [0, 0.05) is 11.6 Å². The quantitative estimate of drug-likeness (QED) is 0.468. The number of aliphatic imine (C=N–C) groups is 2. The molecule has 1 aromatic rings. The lowest BCUT2D eigenvalue weighted by molar-refractivity contribution is 0.0943. The van der Waals surface area contributed by atoms with Gasteiger partial charge in [-0.2, -0.15) is 4.99 Å². The highest BCUT2D eigenvalue weighted by molar-refractivity contribution is 5.96. The summed E-state index contributed by atoms with van der Waals surface area (Å²) in [6, 6.07) is 5.21. The largest absolute Gasteiger partial charge is 0.370 e. The Morgan fingerprint density at radius 2 is 1.90 bits per heavy atom. The van der Waals surface area contributed by atoms with Gasteiger partial charge in [-0.1, -0.05) is 6.07 Å². The zero-order chi connectivity index (χ0) is 15.3. The van der Waals surface area contributed by atoms with Crippen LogP contribution >= 0.6 is 0 Å². The molecule has 0 aliphatic rings. The third-order valence-corrected chi connectivity index (χ3v) is 2.37. The van der Waals surface area contributed by atoms with Crippen molar-refractivity contribution >= 4 is 23.5 Å². The number of benzene rings is 1. The molecule has 0 atom stereocenters. The molecule has 7 N–H and O–H groups in total. The fourth-order valence-electron chi connectivity index (χ4n) is 1.50. The van der Waals surface area contributed by atoms with Crippen LogP contribution in [0.4, 0.5) is 5.69 Å². The topological polar surface area (TPSA) is 132 Å². The Labute approximate surface area is 118 Å². The molecule has 7 heteroatoms. The number of carbonyl (C=O) groups is 1. The summed E-state index contributed by atoms with van der Waals surface area (Å²) in [5.74, 6) is -0.399. The van der Waals surface area contributed by atoms with Gasteiger partial charge in [0.2, 0.25) is 5.96 Å². The maximum atomic E-state index is 11.9. The Kier molecular flexibility index (Phi) is 5.08. The van der Waals surface area contributed by atoms with Gasteiger partial charge in [0.05, 0.1) is 5.69 Å². The summed E-state index contributed by atoms with van der Waals surface area (Å²) in [5.41, 5.74) is 17.9. The lowest BCUT2D eigenvalue weighted by atomic mass is 10.1. The Morgan fingerprint density at radius 3 is 2.45 bits per heavy atom. The standard InChI is InChI=1S/C13H20N6O/c1-7(2)17-11(20)9-5-4-8(3)10(6-9)18-13(16)19-12(14)15/h4-7H,1-3H3,(H,17,20)(H6,14,15,16,18,19). The predicted molar refractivity (Wildman–Crippen MR) is 80.9 cm³/mol. The van der Waals surface area contributed by atoms with E-state index in [1.807, 2.05) is 20.8 Å². The SMILES string of the molecule is Cc1ccc(C(=O)NC(C)C)cc1N=C(N)N=C(N)N. The van der Waals surface area contributed by atoms with Crippen molar-refractivity contribution in [3.8, 4) is 0 Å². The minimum atomic E-state index is -0.170. The van der Waals surface area contributed by atoms with Crippen molar-refractivity contribution in [3.63, 3.8) is 0 Å². The molecule has 1 rings (SSSR count). The second kappa shape index (κ2) is 6.55. The second-order valence-electron chi connectivity index (χ2n) is 4.64. The molecule has 0 aliphatic heterocycles. The van der Waals surface area contributed by atoms with Gasteiger partial charge in [-0.3, -0.25) is 4.79 Å². The van der Waals surface area contributed by atoms with Gasteiger partial charge in [-0.25, -0.2) is 4.99 Å². The van der Waals surface area contributed by atoms with Crippen molar-refractivity contribution in [2.45, 2.75) is 26.8 Å². The average Bonchev–Trinajstić information content (AvgIpc) is 2.29. The third-order valence-electron chi connectivity index (χ3n) is 2.37. The van der Waals surface area contributed by atoms with Crippen molar-refractivity contribution in [1.29, 1.82) is 0 Å². The summed E-state index contributed by atoms with van der Waals surface area (Å²) in [6.45, 7) is 5.63. The molecule has 20 heavy (non-hydrogen) atoms. The van der Waals surface area contributed by atoms with E-state index >= 15 is 0 Å². The van der Waals surface area contributed by atoms with E-state index in [1.165, 1.54) is 0 Å². The molecule has 0 heterocycles. The maximum absolute atomic E-state index is 11.9. The van der Waals surface area contributed by atoms with E-state index in [-0.39, 0.29) is 23.9 Å². The number of carbonyl (C=O) groups excluding carboxylic acids is 1. The molecule has 0 radical (unpaired) electrons. The molecule has 0 saturated heterocycles. The van der Waals surface area contributed by atoms with E-state index in [0.29, 0.717) is 11.3 Å². The molecule has 0 saturated carbocycles. The summed E-state index contributed by atoms with van der Waals surface area (Å²) < 4.78 is 0. The molecule has 1 amide bonds. The summed E-state index contributed by atoms with van der Waals surface area (Å²) in [5, 5.41) is 2.81. The maximum Gasteiger partial charge on any atom is 0.251 e. The molecular formula is C13H20N6O. The van der Waals surface area contributed by atoms with E-state index in [1.54, 1.807) is 18.2 Å². The minimum absolute atomic E-state index is 0.0578. The van der Waals surface area contributed by atoms with E-state index < -0.39 is 0 Å². The Hall–Kier alpha value is -2.57. The van der Waals surface area contributed by atoms with Crippen LogP contribution < -0.4 is 22.5 Å². The highest BCUT2D eigenvalue weighted by atomic mass is 16.1. The first-order valence-corrected chi connectivity index (χ1v) is 6.15. The van der Waals surface area contributed by atoms with E-state index in [9.17, 15) is 4.79 Å². The zero-order valence-electron chi connectivity index (χ0n) is 11.8. The first-order chi connectivity index (χ1) is 9.29. The lowest BCUT2D eigenvalue weighted by Crippen LogP contribution is -2.30. The van der Waals surface area contributed by atoms with Crippen molar-refractivity contribution in [2.24, 2.45) is 27.2 Å². The van der Waals surface area contributed by atoms with Crippen LogP contribution in [0.25, 0.3) is 0 Å². The first kappa shape index (κ1) is 15.5. The average molecular weight is 276 g/mol.